The Labute approximate surface area is 362 Å². The molecule has 3 heterocycles. The molecule has 1 aliphatic rings. The Morgan fingerprint density at radius 2 is 1.45 bits per heavy atom. The smallest absolute Gasteiger partial charge is 0.121 e. The number of aromatic nitrogens is 2. The van der Waals surface area contributed by atoms with E-state index < -0.39 is 14.4 Å². The van der Waals surface area contributed by atoms with E-state index >= 15 is 0 Å². The first-order valence-electron chi connectivity index (χ1n) is 21.3. The molecule has 3 nitrogen and oxygen atoms in total. The zero-order valence-corrected chi connectivity index (χ0v) is 37.5. The zero-order valence-electron chi connectivity index (χ0n) is 36.1. The molecule has 0 aliphatic heterocycles. The van der Waals surface area contributed by atoms with E-state index in [9.17, 15) is 0 Å². The maximum atomic E-state index is 8.88. The van der Waals surface area contributed by atoms with Crippen LogP contribution >= 0.6 is 0 Å². The van der Waals surface area contributed by atoms with Gasteiger partial charge in [0.2, 0.25) is 0 Å². The van der Waals surface area contributed by atoms with Gasteiger partial charge >= 0.3 is 0 Å². The van der Waals surface area contributed by atoms with Crippen LogP contribution in [0.4, 0.5) is 0 Å². The van der Waals surface area contributed by atoms with Crippen LogP contribution in [0.5, 0.6) is 0 Å². The van der Waals surface area contributed by atoms with Gasteiger partial charge in [-0.2, -0.15) is 0 Å². The van der Waals surface area contributed by atoms with Gasteiger partial charge in [0.1, 0.15) is 5.58 Å². The molecule has 3 aromatic heterocycles. The van der Waals surface area contributed by atoms with Crippen molar-refractivity contribution in [2.75, 3.05) is 0 Å². The van der Waals surface area contributed by atoms with Gasteiger partial charge in [0.15, 0.2) is 0 Å². The second-order valence-corrected chi connectivity index (χ2v) is 21.9. The predicted octanol–water partition coefficient (Wildman–Crippen LogP) is 13.7. The minimum atomic E-state index is -1.37. The van der Waals surface area contributed by atoms with Crippen LogP contribution in [-0.4, -0.2) is 18.0 Å². The molecule has 1 fully saturated rings. The molecule has 9 rings (SSSR count). The van der Waals surface area contributed by atoms with Crippen molar-refractivity contribution in [3.8, 4) is 33.6 Å². The molecule has 0 unspecified atom stereocenters. The van der Waals surface area contributed by atoms with Gasteiger partial charge in [-0.25, -0.2) is 0 Å². The maximum Gasteiger partial charge on any atom is 0.121 e. The molecule has 5 heteroatoms. The largest absolute Gasteiger partial charge is 0.501 e. The van der Waals surface area contributed by atoms with Gasteiger partial charge in [-0.3, -0.25) is 0 Å². The van der Waals surface area contributed by atoms with Crippen molar-refractivity contribution in [1.82, 2.24) is 9.97 Å². The van der Waals surface area contributed by atoms with Gasteiger partial charge in [-0.05, 0) is 63.1 Å². The van der Waals surface area contributed by atoms with Crippen LogP contribution in [0.2, 0.25) is 19.6 Å². The molecule has 1 radical (unpaired) electrons. The molecule has 295 valence electrons. The van der Waals surface area contributed by atoms with E-state index in [4.69, 9.17) is 12.1 Å². The Bertz CT molecular complexity index is 2680. The standard InChI is InChI=1S/C30H26NO.C23H26NSi.Ir/c1-3-8-21(9-4-1)18-22-16-17-31-28(19-22)27-13-7-12-26-25-15-14-24(20-29(25)32-30(26)27)23-10-5-2-6-11-23;1-23(2,19-11-7-6-8-12-19)20-13-9-10-18(16-20)22-15-14-21(17-24-22)25(3,4)5;/h2,5-7,10-12,14-17,19-21H,1,3-4,8-9,18H2;6-9,11-17H,1-5H3;/q2*-1;/i18D2;;. The number of nitrogens with zero attached hydrogens (tertiary/aromatic N) is 2. The summed E-state index contributed by atoms with van der Waals surface area (Å²) in [5.41, 5.74) is 10.6. The summed E-state index contributed by atoms with van der Waals surface area (Å²) in [7, 11) is -1.31. The molecule has 1 saturated carbocycles. The van der Waals surface area contributed by atoms with Crippen molar-refractivity contribution in [3.63, 3.8) is 0 Å². The molecule has 0 saturated heterocycles. The van der Waals surface area contributed by atoms with E-state index in [-0.39, 0.29) is 31.4 Å². The van der Waals surface area contributed by atoms with Crippen molar-refractivity contribution < 1.29 is 27.3 Å². The fraction of sp³-hybridized carbons (Fsp3) is 0.245. The normalized spacial score (nSPS) is 14.2. The van der Waals surface area contributed by atoms with Crippen molar-refractivity contribution >= 4 is 35.2 Å². The molecule has 1 aliphatic carbocycles. The fourth-order valence-corrected chi connectivity index (χ4v) is 8.94. The molecule has 0 bridgehead atoms. The molecule has 0 amide bonds. The van der Waals surface area contributed by atoms with Crippen LogP contribution in [0.1, 0.15) is 65.4 Å². The van der Waals surface area contributed by atoms with E-state index in [2.05, 4.69) is 136 Å². The number of benzene rings is 5. The van der Waals surface area contributed by atoms with Crippen molar-refractivity contribution in [3.05, 3.63) is 175 Å². The van der Waals surface area contributed by atoms with Crippen LogP contribution in [0.15, 0.2) is 150 Å². The number of rotatable bonds is 8. The summed E-state index contributed by atoms with van der Waals surface area (Å²) in [6.07, 6.45) is 7.71. The first-order valence-corrected chi connectivity index (χ1v) is 23.8. The van der Waals surface area contributed by atoms with Gasteiger partial charge in [0.05, 0.1) is 13.7 Å². The Hall–Kier alpha value is -4.93. The summed E-state index contributed by atoms with van der Waals surface area (Å²) in [5.74, 6) is 0.0545. The minimum Gasteiger partial charge on any atom is -0.501 e. The first-order chi connectivity index (χ1) is 28.4. The molecular formula is C53H52IrN2OSi-2. The van der Waals surface area contributed by atoms with E-state index in [1.807, 2.05) is 54.7 Å². The van der Waals surface area contributed by atoms with Gasteiger partial charge in [0.25, 0.3) is 0 Å². The monoisotopic (exact) mass is 955 g/mol. The third kappa shape index (κ3) is 9.18. The SMILES string of the molecule is CC(C)(c1ccccc1)c1cc[c-]c(-c2ccc([Si](C)(C)C)cn2)c1.[2H]C([2H])(c1ccnc(-c2[c-]ccc3c2oc2cc(-c4ccccc4)ccc23)c1)C1CCCCC1.[Ir]. The van der Waals surface area contributed by atoms with Crippen LogP contribution in [0, 0.1) is 18.1 Å². The average Bonchev–Trinajstić information content (AvgIpc) is 3.66. The topological polar surface area (TPSA) is 38.9 Å². The number of furan rings is 1. The second kappa shape index (κ2) is 17.9. The van der Waals surface area contributed by atoms with Crippen molar-refractivity contribution in [2.45, 2.75) is 77.4 Å². The Balaban J connectivity index is 0.000000187. The molecule has 0 atom stereocenters. The number of hydrogen-bond acceptors (Lipinski definition) is 3. The molecule has 5 aromatic carbocycles. The van der Waals surface area contributed by atoms with E-state index in [1.54, 1.807) is 6.20 Å². The predicted molar refractivity (Wildman–Crippen MR) is 242 cm³/mol. The Kier molecular flexibility index (Phi) is 11.9. The van der Waals surface area contributed by atoms with Gasteiger partial charge in [-0.1, -0.05) is 173 Å². The summed E-state index contributed by atoms with van der Waals surface area (Å²) in [6.45, 7) is 11.6. The van der Waals surface area contributed by atoms with Crippen molar-refractivity contribution in [1.29, 1.82) is 0 Å². The minimum absolute atomic E-state index is 0. The van der Waals surface area contributed by atoms with Crippen LogP contribution in [-0.2, 0) is 31.9 Å². The second-order valence-electron chi connectivity index (χ2n) is 16.8. The molecule has 8 aromatic rings. The van der Waals surface area contributed by atoms with Crippen LogP contribution in [0.3, 0.4) is 0 Å². The average molecular weight is 955 g/mol. The maximum absolute atomic E-state index is 8.88. The van der Waals surface area contributed by atoms with Crippen LogP contribution in [0.25, 0.3) is 55.6 Å². The number of fused-ring (bicyclic) bond motifs is 3. The molecule has 58 heavy (non-hydrogen) atoms. The van der Waals surface area contributed by atoms with Gasteiger partial charge in [-0.15, -0.1) is 53.6 Å². The first kappa shape index (κ1) is 38.6. The Morgan fingerprint density at radius 3 is 2.17 bits per heavy atom. The summed E-state index contributed by atoms with van der Waals surface area (Å²) in [6, 6.07) is 52.3. The summed E-state index contributed by atoms with van der Waals surface area (Å²) in [5, 5.41) is 3.46. The van der Waals surface area contributed by atoms with E-state index in [0.717, 1.165) is 75.6 Å². The quantitative estimate of drug-likeness (QED) is 0.113. The molecular weight excluding hydrogens is 901 g/mol. The fourth-order valence-electron chi connectivity index (χ4n) is 7.90. The molecule has 0 spiro atoms. The number of pyridine rings is 2. The third-order valence-corrected chi connectivity index (χ3v) is 13.5. The summed E-state index contributed by atoms with van der Waals surface area (Å²) < 4.78 is 24.1. The van der Waals surface area contributed by atoms with E-state index in [1.165, 1.54) is 22.7 Å². The van der Waals surface area contributed by atoms with Gasteiger partial charge in [0, 0.05) is 40.6 Å². The summed E-state index contributed by atoms with van der Waals surface area (Å²) >= 11 is 0. The third-order valence-electron chi connectivity index (χ3n) is 11.5. The summed E-state index contributed by atoms with van der Waals surface area (Å²) in [4.78, 5) is 9.31. The van der Waals surface area contributed by atoms with E-state index in [0.29, 0.717) is 11.3 Å². The van der Waals surface area contributed by atoms with Crippen molar-refractivity contribution in [2.24, 2.45) is 5.92 Å². The Morgan fingerprint density at radius 1 is 0.707 bits per heavy atom. The van der Waals surface area contributed by atoms with Crippen LogP contribution < -0.4 is 5.19 Å². The number of hydrogen-bond donors (Lipinski definition) is 0. The molecule has 0 N–H and O–H groups in total. The zero-order chi connectivity index (χ0) is 41.2. The van der Waals surface area contributed by atoms with Gasteiger partial charge < -0.3 is 14.4 Å².